The van der Waals surface area contributed by atoms with E-state index in [9.17, 15) is 8.78 Å². The Balaban J connectivity index is 1.90. The molecule has 2 aromatic carbocycles. The molecule has 0 unspecified atom stereocenters. The maximum absolute atomic E-state index is 12.3. The van der Waals surface area contributed by atoms with Gasteiger partial charge in [0.2, 0.25) is 0 Å². The molecular weight excluding hydrogens is 301 g/mol. The predicted molar refractivity (Wildman–Crippen MR) is 86.3 cm³/mol. The lowest BCUT2D eigenvalue weighted by Gasteiger charge is -2.32. The lowest BCUT2D eigenvalue weighted by atomic mass is 9.78. The van der Waals surface area contributed by atoms with Crippen LogP contribution in [0.3, 0.4) is 0 Å². The molecule has 0 aromatic heterocycles. The summed E-state index contributed by atoms with van der Waals surface area (Å²) < 4.78 is 41.0. The molecule has 23 heavy (non-hydrogen) atoms. The topological polar surface area (TPSA) is 27.7 Å². The molecular formula is C17H19BF2O3. The maximum Gasteiger partial charge on any atom is 0.494 e. The van der Waals surface area contributed by atoms with Gasteiger partial charge in [0, 0.05) is 0 Å². The summed E-state index contributed by atoms with van der Waals surface area (Å²) in [6.07, 6.45) is 0. The van der Waals surface area contributed by atoms with E-state index in [1.165, 1.54) is 6.07 Å². The molecule has 0 atom stereocenters. The average Bonchev–Trinajstić information content (AvgIpc) is 2.66. The Kier molecular flexibility index (Phi) is 3.85. The minimum Gasteiger partial charge on any atom is -0.435 e. The molecule has 2 aromatic rings. The molecule has 1 heterocycles. The third-order valence-electron chi connectivity index (χ3n) is 4.59. The lowest BCUT2D eigenvalue weighted by Crippen LogP contribution is -2.41. The van der Waals surface area contributed by atoms with Crippen LogP contribution >= 0.6 is 0 Å². The zero-order chi connectivity index (χ0) is 16.8. The van der Waals surface area contributed by atoms with Crippen LogP contribution in [0.15, 0.2) is 36.4 Å². The summed E-state index contributed by atoms with van der Waals surface area (Å²) >= 11 is 0. The second-order valence-electron chi connectivity index (χ2n) is 6.74. The van der Waals surface area contributed by atoms with E-state index in [2.05, 4.69) is 4.74 Å². The van der Waals surface area contributed by atoms with Gasteiger partial charge in [0.05, 0.1) is 11.2 Å². The number of rotatable bonds is 3. The number of hydrogen-bond acceptors (Lipinski definition) is 3. The molecule has 1 aliphatic rings. The number of hydrogen-bond donors (Lipinski definition) is 0. The Morgan fingerprint density at radius 1 is 0.913 bits per heavy atom. The summed E-state index contributed by atoms with van der Waals surface area (Å²) in [6.45, 7) is 5.19. The molecule has 0 saturated carbocycles. The zero-order valence-corrected chi connectivity index (χ0v) is 13.6. The smallest absolute Gasteiger partial charge is 0.435 e. The molecule has 0 radical (unpaired) electrons. The Hall–Kier alpha value is -1.66. The van der Waals surface area contributed by atoms with Crippen molar-refractivity contribution in [2.75, 3.05) is 0 Å². The number of benzene rings is 2. The number of fused-ring (bicyclic) bond motifs is 1. The average molecular weight is 320 g/mol. The van der Waals surface area contributed by atoms with Gasteiger partial charge in [0.25, 0.3) is 0 Å². The maximum atomic E-state index is 12.3. The molecule has 1 saturated heterocycles. The lowest BCUT2D eigenvalue weighted by molar-refractivity contribution is -0.0497. The number of ether oxygens (including phenoxy) is 1. The molecule has 1 aliphatic heterocycles. The van der Waals surface area contributed by atoms with Gasteiger partial charge in [-0.1, -0.05) is 24.3 Å². The summed E-state index contributed by atoms with van der Waals surface area (Å²) in [5.41, 5.74) is 0.0991. The van der Waals surface area contributed by atoms with E-state index in [4.69, 9.17) is 9.31 Å². The van der Waals surface area contributed by atoms with Gasteiger partial charge in [-0.2, -0.15) is 8.78 Å². The van der Waals surface area contributed by atoms with Gasteiger partial charge in [-0.25, -0.2) is 0 Å². The molecule has 0 amide bonds. The van der Waals surface area contributed by atoms with Crippen molar-refractivity contribution < 1.29 is 22.8 Å². The third-order valence-corrected chi connectivity index (χ3v) is 4.59. The van der Waals surface area contributed by atoms with Crippen molar-refractivity contribution in [3.8, 4) is 5.75 Å². The minimum absolute atomic E-state index is 0.149. The zero-order valence-electron chi connectivity index (χ0n) is 13.6. The van der Waals surface area contributed by atoms with Crippen molar-refractivity contribution in [2.45, 2.75) is 45.5 Å². The van der Waals surface area contributed by atoms with Gasteiger partial charge in [0.15, 0.2) is 0 Å². The van der Waals surface area contributed by atoms with Crippen molar-refractivity contribution >= 4 is 23.4 Å². The first-order chi connectivity index (χ1) is 10.7. The van der Waals surface area contributed by atoms with Crippen LogP contribution in [0.2, 0.25) is 0 Å². The fraction of sp³-hybridized carbons (Fsp3) is 0.412. The monoisotopic (exact) mass is 320 g/mol. The van der Waals surface area contributed by atoms with Gasteiger partial charge in [0.1, 0.15) is 5.75 Å². The second-order valence-corrected chi connectivity index (χ2v) is 6.74. The molecule has 0 N–H and O–H groups in total. The Morgan fingerprint density at radius 3 is 2.09 bits per heavy atom. The highest BCUT2D eigenvalue weighted by atomic mass is 19.3. The van der Waals surface area contributed by atoms with Crippen molar-refractivity contribution in [3.63, 3.8) is 0 Å². The predicted octanol–water partition coefficient (Wildman–Crippen LogP) is 3.74. The second kappa shape index (κ2) is 5.46. The van der Waals surface area contributed by atoms with E-state index in [-0.39, 0.29) is 5.75 Å². The number of alkyl halides is 2. The molecule has 6 heteroatoms. The molecule has 122 valence electrons. The fourth-order valence-corrected chi connectivity index (χ4v) is 2.54. The highest BCUT2D eigenvalue weighted by Gasteiger charge is 2.51. The van der Waals surface area contributed by atoms with Gasteiger partial charge < -0.3 is 14.0 Å². The Bertz CT molecular complexity index is 715. The molecule has 0 bridgehead atoms. The van der Waals surface area contributed by atoms with E-state index >= 15 is 0 Å². The van der Waals surface area contributed by atoms with Gasteiger partial charge in [-0.05, 0) is 56.1 Å². The third kappa shape index (κ3) is 3.05. The van der Waals surface area contributed by atoms with E-state index in [0.717, 1.165) is 16.2 Å². The quantitative estimate of drug-likeness (QED) is 0.807. The Labute approximate surface area is 134 Å². The van der Waals surface area contributed by atoms with Gasteiger partial charge >= 0.3 is 13.7 Å². The molecule has 0 aliphatic carbocycles. The summed E-state index contributed by atoms with van der Waals surface area (Å²) in [5, 5.41) is 1.74. The fourth-order valence-electron chi connectivity index (χ4n) is 2.54. The molecule has 1 fully saturated rings. The van der Waals surface area contributed by atoms with Crippen LogP contribution in [0, 0.1) is 0 Å². The molecule has 3 nitrogen and oxygen atoms in total. The van der Waals surface area contributed by atoms with Crippen LogP contribution in [0.25, 0.3) is 10.8 Å². The van der Waals surface area contributed by atoms with Crippen molar-refractivity contribution in [3.05, 3.63) is 36.4 Å². The SMILES string of the molecule is CC1(C)OB(c2ccc3cc(OC(F)F)ccc3c2)OC1(C)C. The van der Waals surface area contributed by atoms with Crippen molar-refractivity contribution in [1.29, 1.82) is 0 Å². The highest BCUT2D eigenvalue weighted by Crippen LogP contribution is 2.36. The number of halogens is 2. The summed E-state index contributed by atoms with van der Waals surface area (Å²) in [7, 11) is -0.443. The minimum atomic E-state index is -2.82. The first kappa shape index (κ1) is 16.2. The van der Waals surface area contributed by atoms with Crippen molar-refractivity contribution in [2.24, 2.45) is 0 Å². The molecule has 0 spiro atoms. The summed E-state index contributed by atoms with van der Waals surface area (Å²) in [4.78, 5) is 0. The van der Waals surface area contributed by atoms with E-state index in [1.807, 2.05) is 45.9 Å². The summed E-state index contributed by atoms with van der Waals surface area (Å²) in [6, 6.07) is 10.6. The van der Waals surface area contributed by atoms with Gasteiger partial charge in [-0.15, -0.1) is 0 Å². The molecule has 3 rings (SSSR count). The Morgan fingerprint density at radius 2 is 1.48 bits per heavy atom. The highest BCUT2D eigenvalue weighted by molar-refractivity contribution is 6.62. The van der Waals surface area contributed by atoms with Crippen LogP contribution in [-0.4, -0.2) is 24.9 Å². The largest absolute Gasteiger partial charge is 0.494 e. The first-order valence-electron chi connectivity index (χ1n) is 7.52. The van der Waals surface area contributed by atoms with E-state index in [0.29, 0.717) is 0 Å². The normalized spacial score (nSPS) is 19.5. The van der Waals surface area contributed by atoms with Crippen LogP contribution in [0.1, 0.15) is 27.7 Å². The summed E-state index contributed by atoms with van der Waals surface area (Å²) in [5.74, 6) is 0.149. The van der Waals surface area contributed by atoms with Crippen LogP contribution in [0.4, 0.5) is 8.78 Å². The van der Waals surface area contributed by atoms with Crippen molar-refractivity contribution in [1.82, 2.24) is 0 Å². The first-order valence-corrected chi connectivity index (χ1v) is 7.52. The van der Waals surface area contributed by atoms with E-state index < -0.39 is 24.9 Å². The van der Waals surface area contributed by atoms with Crippen LogP contribution in [-0.2, 0) is 9.31 Å². The van der Waals surface area contributed by atoms with Crippen LogP contribution in [0.5, 0.6) is 5.75 Å². The van der Waals surface area contributed by atoms with Crippen LogP contribution < -0.4 is 10.2 Å². The standard InChI is InChI=1S/C17H19BF2O3/c1-16(2)17(3,4)23-18(22-16)13-7-5-12-10-14(21-15(19)20)8-6-11(12)9-13/h5-10,15H,1-4H3. The van der Waals surface area contributed by atoms with E-state index in [1.54, 1.807) is 12.1 Å². The van der Waals surface area contributed by atoms with Gasteiger partial charge in [-0.3, -0.25) is 0 Å².